The molecule has 0 saturated heterocycles. The molecule has 1 aromatic carbocycles. The Morgan fingerprint density at radius 3 is 1.94 bits per heavy atom. The lowest BCUT2D eigenvalue weighted by atomic mass is 9.90. The number of benzene rings is 1. The lowest BCUT2D eigenvalue weighted by Gasteiger charge is -2.21. The van der Waals surface area contributed by atoms with Crippen LogP contribution in [0.1, 0.15) is 58.6 Å². The zero-order valence-corrected chi connectivity index (χ0v) is 12.2. The van der Waals surface area contributed by atoms with Gasteiger partial charge in [-0.25, -0.2) is 0 Å². The second-order valence-electron chi connectivity index (χ2n) is 6.38. The Kier molecular flexibility index (Phi) is 4.76. The molecule has 1 heteroatoms. The average Bonchev–Trinajstić information content (AvgIpc) is 2.25. The first kappa shape index (κ1) is 14.2. The minimum atomic E-state index is 0.184. The summed E-state index contributed by atoms with van der Waals surface area (Å²) < 4.78 is 0. The van der Waals surface area contributed by atoms with Gasteiger partial charge in [0.15, 0.2) is 0 Å². The lowest BCUT2D eigenvalue weighted by Crippen LogP contribution is -2.35. The Hall–Kier alpha value is -0.820. The Labute approximate surface area is 107 Å². The van der Waals surface area contributed by atoms with Crippen molar-refractivity contribution in [2.45, 2.75) is 59.5 Å². The second kappa shape index (κ2) is 5.68. The zero-order chi connectivity index (χ0) is 13.1. The molecule has 0 spiro atoms. The molecule has 1 unspecified atom stereocenters. The van der Waals surface area contributed by atoms with Crippen molar-refractivity contribution >= 4 is 0 Å². The predicted molar refractivity (Wildman–Crippen MR) is 76.3 cm³/mol. The first-order valence-corrected chi connectivity index (χ1v) is 6.63. The van der Waals surface area contributed by atoms with Gasteiger partial charge < -0.3 is 5.32 Å². The van der Waals surface area contributed by atoms with Gasteiger partial charge in [-0.15, -0.1) is 0 Å². The van der Waals surface area contributed by atoms with Crippen molar-refractivity contribution in [2.24, 2.45) is 5.92 Å². The summed E-state index contributed by atoms with van der Waals surface area (Å²) in [7, 11) is 0. The highest BCUT2D eigenvalue weighted by Gasteiger charge is 2.10. The molecule has 0 aromatic heterocycles. The van der Waals surface area contributed by atoms with E-state index in [-0.39, 0.29) is 5.54 Å². The van der Waals surface area contributed by atoms with E-state index in [1.165, 1.54) is 11.1 Å². The largest absolute Gasteiger partial charge is 0.308 e. The highest BCUT2D eigenvalue weighted by molar-refractivity contribution is 5.25. The van der Waals surface area contributed by atoms with Crippen molar-refractivity contribution in [3.8, 4) is 0 Å². The van der Waals surface area contributed by atoms with Gasteiger partial charge in [-0.2, -0.15) is 0 Å². The zero-order valence-electron chi connectivity index (χ0n) is 12.2. The highest BCUT2D eigenvalue weighted by atomic mass is 14.9. The Bertz CT molecular complexity index is 330. The van der Waals surface area contributed by atoms with Gasteiger partial charge >= 0.3 is 0 Å². The third kappa shape index (κ3) is 4.91. The normalized spacial score (nSPS) is 14.1. The Morgan fingerprint density at radius 1 is 1.00 bits per heavy atom. The molecule has 96 valence electrons. The van der Waals surface area contributed by atoms with Gasteiger partial charge in [0.05, 0.1) is 0 Å². The fourth-order valence-electron chi connectivity index (χ4n) is 1.69. The number of hydrogen-bond acceptors (Lipinski definition) is 1. The molecule has 1 rings (SSSR count). The van der Waals surface area contributed by atoms with Crippen molar-refractivity contribution in [1.82, 2.24) is 5.32 Å². The molecule has 1 aromatic rings. The van der Waals surface area contributed by atoms with Crippen molar-refractivity contribution in [1.29, 1.82) is 0 Å². The molecule has 0 aliphatic carbocycles. The maximum atomic E-state index is 3.51. The summed E-state index contributed by atoms with van der Waals surface area (Å²) in [5.74, 6) is 1.34. The summed E-state index contributed by atoms with van der Waals surface area (Å²) >= 11 is 0. The smallest absolute Gasteiger partial charge is 0.0210 e. The fraction of sp³-hybridized carbons (Fsp3) is 0.625. The van der Waals surface area contributed by atoms with E-state index >= 15 is 0 Å². The molecule has 0 radical (unpaired) electrons. The number of nitrogens with one attached hydrogen (secondary N) is 1. The van der Waals surface area contributed by atoms with Crippen LogP contribution in [0.3, 0.4) is 0 Å². The molecule has 0 aliphatic rings. The van der Waals surface area contributed by atoms with E-state index in [2.05, 4.69) is 71.1 Å². The van der Waals surface area contributed by atoms with Crippen LogP contribution in [0.2, 0.25) is 0 Å². The van der Waals surface area contributed by atoms with Crippen LogP contribution in [0.25, 0.3) is 0 Å². The number of rotatable bonds is 4. The van der Waals surface area contributed by atoms with Crippen LogP contribution in [-0.4, -0.2) is 5.54 Å². The summed E-state index contributed by atoms with van der Waals surface area (Å²) in [6.45, 7) is 14.4. The third-order valence-electron chi connectivity index (χ3n) is 3.33. The van der Waals surface area contributed by atoms with Crippen molar-refractivity contribution in [3.05, 3.63) is 35.4 Å². The predicted octanol–water partition coefficient (Wildman–Crippen LogP) is 4.33. The van der Waals surface area contributed by atoms with E-state index in [4.69, 9.17) is 0 Å². The molecule has 1 atom stereocenters. The van der Waals surface area contributed by atoms with Gasteiger partial charge in [-0.1, -0.05) is 45.0 Å². The quantitative estimate of drug-likeness (QED) is 0.816. The van der Waals surface area contributed by atoms with Crippen LogP contribution in [-0.2, 0) is 6.54 Å². The first-order valence-electron chi connectivity index (χ1n) is 6.63. The van der Waals surface area contributed by atoms with Crippen molar-refractivity contribution in [2.75, 3.05) is 0 Å². The van der Waals surface area contributed by atoms with Crippen LogP contribution in [0.4, 0.5) is 0 Å². The maximum absolute atomic E-state index is 3.51. The average molecular weight is 233 g/mol. The molecule has 0 heterocycles. The van der Waals surface area contributed by atoms with Gasteiger partial charge in [0, 0.05) is 12.1 Å². The highest BCUT2D eigenvalue weighted by Crippen LogP contribution is 2.23. The fourth-order valence-corrected chi connectivity index (χ4v) is 1.69. The lowest BCUT2D eigenvalue weighted by molar-refractivity contribution is 0.424. The van der Waals surface area contributed by atoms with E-state index in [0.29, 0.717) is 11.8 Å². The molecule has 17 heavy (non-hydrogen) atoms. The molecular weight excluding hydrogens is 206 g/mol. The molecule has 0 aliphatic heterocycles. The second-order valence-corrected chi connectivity index (χ2v) is 6.38. The summed E-state index contributed by atoms with van der Waals surface area (Å²) in [6.07, 6.45) is 0. The molecular formula is C16H27N. The van der Waals surface area contributed by atoms with Gasteiger partial charge in [-0.05, 0) is 43.7 Å². The van der Waals surface area contributed by atoms with Crippen LogP contribution in [0.15, 0.2) is 24.3 Å². The van der Waals surface area contributed by atoms with Gasteiger partial charge in [0.1, 0.15) is 0 Å². The molecule has 0 fully saturated rings. The summed E-state index contributed by atoms with van der Waals surface area (Å²) in [6, 6.07) is 9.02. The standard InChI is InChI=1S/C16H27N/c1-12(2)13(3)15-9-7-14(8-10-15)11-17-16(4,5)6/h7-10,12-13,17H,11H2,1-6H3. The minimum Gasteiger partial charge on any atom is -0.308 e. The Morgan fingerprint density at radius 2 is 1.53 bits per heavy atom. The molecule has 1 nitrogen and oxygen atoms in total. The van der Waals surface area contributed by atoms with E-state index in [0.717, 1.165) is 6.54 Å². The van der Waals surface area contributed by atoms with Gasteiger partial charge in [-0.3, -0.25) is 0 Å². The number of hydrogen-bond donors (Lipinski definition) is 1. The van der Waals surface area contributed by atoms with E-state index in [1.54, 1.807) is 0 Å². The van der Waals surface area contributed by atoms with E-state index in [1.807, 2.05) is 0 Å². The van der Waals surface area contributed by atoms with Crippen molar-refractivity contribution < 1.29 is 0 Å². The van der Waals surface area contributed by atoms with Crippen LogP contribution < -0.4 is 5.32 Å². The summed E-state index contributed by atoms with van der Waals surface area (Å²) in [4.78, 5) is 0. The van der Waals surface area contributed by atoms with E-state index in [9.17, 15) is 0 Å². The van der Waals surface area contributed by atoms with Crippen LogP contribution in [0.5, 0.6) is 0 Å². The SMILES string of the molecule is CC(C)C(C)c1ccc(CNC(C)(C)C)cc1. The van der Waals surface area contributed by atoms with Gasteiger partial charge in [0.2, 0.25) is 0 Å². The van der Waals surface area contributed by atoms with Crippen LogP contribution in [0, 0.1) is 5.92 Å². The molecule has 1 N–H and O–H groups in total. The first-order chi connectivity index (χ1) is 7.79. The Balaban J connectivity index is 2.62. The summed E-state index contributed by atoms with van der Waals surface area (Å²) in [5, 5.41) is 3.51. The van der Waals surface area contributed by atoms with Crippen LogP contribution >= 0.6 is 0 Å². The molecule has 0 bridgehead atoms. The summed E-state index contributed by atoms with van der Waals surface area (Å²) in [5.41, 5.74) is 2.99. The monoisotopic (exact) mass is 233 g/mol. The molecule has 0 amide bonds. The van der Waals surface area contributed by atoms with Gasteiger partial charge in [0.25, 0.3) is 0 Å². The maximum Gasteiger partial charge on any atom is 0.0210 e. The van der Waals surface area contributed by atoms with Crippen molar-refractivity contribution in [3.63, 3.8) is 0 Å². The topological polar surface area (TPSA) is 12.0 Å². The minimum absolute atomic E-state index is 0.184. The van der Waals surface area contributed by atoms with E-state index < -0.39 is 0 Å². The molecule has 0 saturated carbocycles. The third-order valence-corrected chi connectivity index (χ3v) is 3.33.